The monoisotopic (exact) mass is 640 g/mol. The number of phenolic OH excluding ortho intramolecular Hbond substituents is 5. The van der Waals surface area contributed by atoms with Crippen LogP contribution in [-0.4, -0.2) is 91.2 Å². The summed E-state index contributed by atoms with van der Waals surface area (Å²) in [5.41, 5.74) is -0.847. The van der Waals surface area contributed by atoms with E-state index in [1.807, 2.05) is 0 Å². The lowest BCUT2D eigenvalue weighted by Crippen LogP contribution is -2.60. The lowest BCUT2D eigenvalue weighted by Gasteiger charge is -2.39. The standard InChI is InChI=1S/C31H28O15/c1-42-20-8-13(2-5-17(20)34)3-7-23(37)43-12-22-25(38)27(40)28(41)31(45-22)46-30-26(39)24-19(36)10-15(32)11-21(24)44-29(30)14-4-6-16(33)18(35)9-14/h2-11,22,25,27-28,31-36,38,40-41H,12H2,1H3/b7-3+/t22?,25-,27-,28?,31-/m0/s1. The number of benzene rings is 3. The number of methoxy groups -OCH3 is 1. The Kier molecular flexibility index (Phi) is 8.93. The van der Waals surface area contributed by atoms with Crippen molar-refractivity contribution in [1.82, 2.24) is 0 Å². The first-order valence-electron chi connectivity index (χ1n) is 13.5. The number of aliphatic hydroxyl groups is 3. The molecule has 2 heterocycles. The molecule has 242 valence electrons. The van der Waals surface area contributed by atoms with Crippen molar-refractivity contribution in [2.45, 2.75) is 30.7 Å². The van der Waals surface area contributed by atoms with Crippen molar-refractivity contribution < 1.29 is 69.0 Å². The van der Waals surface area contributed by atoms with Gasteiger partial charge in [-0.2, -0.15) is 0 Å². The van der Waals surface area contributed by atoms with Gasteiger partial charge in [0.05, 0.1) is 7.11 Å². The molecule has 5 atom stereocenters. The van der Waals surface area contributed by atoms with Gasteiger partial charge in [-0.1, -0.05) is 6.07 Å². The van der Waals surface area contributed by atoms with Crippen molar-refractivity contribution in [3.63, 3.8) is 0 Å². The number of hydrogen-bond acceptors (Lipinski definition) is 15. The third-order valence-corrected chi connectivity index (χ3v) is 7.06. The molecule has 0 radical (unpaired) electrons. The number of carbonyl (C=O) groups excluding carboxylic acids is 1. The van der Waals surface area contributed by atoms with E-state index in [9.17, 15) is 50.4 Å². The number of phenols is 5. The zero-order valence-electron chi connectivity index (χ0n) is 23.8. The smallest absolute Gasteiger partial charge is 0.330 e. The van der Waals surface area contributed by atoms with E-state index in [1.54, 1.807) is 0 Å². The van der Waals surface area contributed by atoms with Crippen LogP contribution in [0.1, 0.15) is 5.56 Å². The van der Waals surface area contributed by atoms with E-state index in [0.29, 0.717) is 5.56 Å². The minimum absolute atomic E-state index is 0.0264. The predicted molar refractivity (Wildman–Crippen MR) is 157 cm³/mol. The van der Waals surface area contributed by atoms with Crippen molar-refractivity contribution in [3.05, 3.63) is 70.4 Å². The van der Waals surface area contributed by atoms with Crippen LogP contribution in [0.3, 0.4) is 0 Å². The van der Waals surface area contributed by atoms with Crippen LogP contribution in [0.4, 0.5) is 0 Å². The van der Waals surface area contributed by atoms with Crippen LogP contribution < -0.4 is 14.9 Å². The summed E-state index contributed by atoms with van der Waals surface area (Å²) in [6, 6.07) is 9.60. The quantitative estimate of drug-likeness (QED) is 0.0771. The van der Waals surface area contributed by atoms with E-state index >= 15 is 0 Å². The molecule has 1 saturated heterocycles. The van der Waals surface area contributed by atoms with Crippen molar-refractivity contribution in [2.24, 2.45) is 0 Å². The molecule has 4 aromatic rings. The number of aromatic hydroxyl groups is 5. The first kappa shape index (κ1) is 31.9. The molecule has 0 aliphatic carbocycles. The molecule has 0 spiro atoms. The zero-order valence-corrected chi connectivity index (χ0v) is 23.8. The highest BCUT2D eigenvalue weighted by Crippen LogP contribution is 2.39. The van der Waals surface area contributed by atoms with Crippen molar-refractivity contribution >= 4 is 23.0 Å². The van der Waals surface area contributed by atoms with Gasteiger partial charge in [0.2, 0.25) is 17.5 Å². The zero-order chi connectivity index (χ0) is 33.3. The van der Waals surface area contributed by atoms with Crippen LogP contribution in [0.5, 0.6) is 40.2 Å². The highest BCUT2D eigenvalue weighted by molar-refractivity contribution is 5.88. The number of rotatable bonds is 8. The second kappa shape index (κ2) is 12.9. The van der Waals surface area contributed by atoms with Crippen LogP contribution in [0.2, 0.25) is 0 Å². The first-order chi connectivity index (χ1) is 21.9. The van der Waals surface area contributed by atoms with Gasteiger partial charge in [-0.05, 0) is 42.0 Å². The summed E-state index contributed by atoms with van der Waals surface area (Å²) in [5.74, 6) is -4.12. The van der Waals surface area contributed by atoms with Crippen molar-refractivity contribution in [2.75, 3.05) is 13.7 Å². The average Bonchev–Trinajstić information content (AvgIpc) is 3.02. The molecule has 1 aliphatic heterocycles. The van der Waals surface area contributed by atoms with Crippen LogP contribution >= 0.6 is 0 Å². The van der Waals surface area contributed by atoms with Gasteiger partial charge in [0, 0.05) is 23.8 Å². The van der Waals surface area contributed by atoms with Gasteiger partial charge in [-0.25, -0.2) is 4.79 Å². The van der Waals surface area contributed by atoms with Crippen molar-refractivity contribution in [3.8, 4) is 51.6 Å². The van der Waals surface area contributed by atoms with Crippen LogP contribution in [0.15, 0.2) is 63.8 Å². The Morgan fingerprint density at radius 2 is 1.61 bits per heavy atom. The fourth-order valence-electron chi connectivity index (χ4n) is 4.67. The lowest BCUT2D eigenvalue weighted by molar-refractivity contribution is -0.278. The minimum atomic E-state index is -1.96. The Morgan fingerprint density at radius 3 is 2.33 bits per heavy atom. The molecule has 0 bridgehead atoms. The molecule has 15 heteroatoms. The molecule has 5 rings (SSSR count). The molecule has 0 saturated carbocycles. The molecule has 1 aliphatic rings. The Balaban J connectivity index is 1.41. The second-order valence-corrected chi connectivity index (χ2v) is 10.2. The van der Waals surface area contributed by atoms with E-state index in [1.165, 1.54) is 37.5 Å². The summed E-state index contributed by atoms with van der Waals surface area (Å²) in [6.07, 6.45) is -6.60. The van der Waals surface area contributed by atoms with Crippen LogP contribution in [-0.2, 0) is 14.3 Å². The van der Waals surface area contributed by atoms with Crippen molar-refractivity contribution in [1.29, 1.82) is 0 Å². The van der Waals surface area contributed by atoms with Gasteiger partial charge < -0.3 is 64.2 Å². The van der Waals surface area contributed by atoms with E-state index < -0.39 is 88.6 Å². The molecule has 0 amide bonds. The number of carbonyl (C=O) groups is 1. The molecule has 2 unspecified atom stereocenters. The third-order valence-electron chi connectivity index (χ3n) is 7.06. The maximum atomic E-state index is 13.6. The summed E-state index contributed by atoms with van der Waals surface area (Å²) in [6.45, 7) is -0.641. The van der Waals surface area contributed by atoms with Crippen LogP contribution in [0.25, 0.3) is 28.4 Å². The molecule has 15 nitrogen and oxygen atoms in total. The first-order valence-corrected chi connectivity index (χ1v) is 13.5. The Bertz CT molecular complexity index is 1860. The van der Waals surface area contributed by atoms with Gasteiger partial charge in [-0.15, -0.1) is 0 Å². The lowest BCUT2D eigenvalue weighted by atomic mass is 9.99. The second-order valence-electron chi connectivity index (χ2n) is 10.2. The Labute approximate surface area is 258 Å². The molecule has 8 N–H and O–H groups in total. The largest absolute Gasteiger partial charge is 0.508 e. The van der Waals surface area contributed by atoms with Crippen LogP contribution in [0, 0.1) is 0 Å². The normalized spacial score (nSPS) is 21.3. The third kappa shape index (κ3) is 6.33. The summed E-state index contributed by atoms with van der Waals surface area (Å²) in [4.78, 5) is 26.0. The maximum absolute atomic E-state index is 13.6. The topological polar surface area (TPSA) is 246 Å². The fourth-order valence-corrected chi connectivity index (χ4v) is 4.67. The molecule has 1 fully saturated rings. The molecule has 3 aromatic carbocycles. The average molecular weight is 641 g/mol. The Morgan fingerprint density at radius 1 is 0.870 bits per heavy atom. The van der Waals surface area contributed by atoms with E-state index in [0.717, 1.165) is 30.3 Å². The number of fused-ring (bicyclic) bond motifs is 1. The minimum Gasteiger partial charge on any atom is -0.508 e. The molecular weight excluding hydrogens is 612 g/mol. The Hall–Kier alpha value is -5.48. The highest BCUT2D eigenvalue weighted by Gasteiger charge is 2.46. The van der Waals surface area contributed by atoms with Gasteiger partial charge in [0.1, 0.15) is 53.5 Å². The molecular formula is C31H28O15. The van der Waals surface area contributed by atoms with Gasteiger partial charge in [0.25, 0.3) is 0 Å². The van der Waals surface area contributed by atoms with Gasteiger partial charge in [-0.3, -0.25) is 4.79 Å². The maximum Gasteiger partial charge on any atom is 0.330 e. The summed E-state index contributed by atoms with van der Waals surface area (Å²) >= 11 is 0. The SMILES string of the molecule is COc1cc(/C=C/C(=O)OCC2O[C@@H](Oc3c(-c4ccc(O)c(O)c4)oc4cc(O)cc(O)c4c3=O)C(O)[C@@H](O)[C@H]2O)ccc1O. The summed E-state index contributed by atoms with van der Waals surface area (Å²) in [5, 5.41) is 81.1. The molecule has 1 aromatic heterocycles. The predicted octanol–water partition coefficient (Wildman–Crippen LogP) is 1.44. The summed E-state index contributed by atoms with van der Waals surface area (Å²) in [7, 11) is 1.36. The number of aliphatic hydroxyl groups excluding tert-OH is 3. The number of ether oxygens (including phenoxy) is 4. The summed E-state index contributed by atoms with van der Waals surface area (Å²) < 4.78 is 27.2. The number of esters is 1. The molecule has 46 heavy (non-hydrogen) atoms. The highest BCUT2D eigenvalue weighted by atomic mass is 16.7. The van der Waals surface area contributed by atoms with Gasteiger partial charge in [0.15, 0.2) is 28.8 Å². The van der Waals surface area contributed by atoms with E-state index in [-0.39, 0.29) is 22.6 Å². The number of hydrogen-bond donors (Lipinski definition) is 8. The van der Waals surface area contributed by atoms with E-state index in [4.69, 9.17) is 23.4 Å². The van der Waals surface area contributed by atoms with Gasteiger partial charge >= 0.3 is 5.97 Å². The van der Waals surface area contributed by atoms with E-state index in [2.05, 4.69) is 0 Å². The fraction of sp³-hybridized carbons (Fsp3) is 0.226.